The number of allylic oxidation sites excluding steroid dienone is 2. The maximum Gasteiger partial charge on any atom is -0.0116 e. The minimum atomic E-state index is 0.635. The Labute approximate surface area is 69.7 Å². The zero-order chi connectivity index (χ0) is 7.73. The molecular weight excluding hydrogens is 132 g/mol. The van der Waals surface area contributed by atoms with Gasteiger partial charge in [0.05, 0.1) is 0 Å². The highest BCUT2D eigenvalue weighted by atomic mass is 14.4. The fourth-order valence-corrected chi connectivity index (χ4v) is 2.70. The fraction of sp³-hybridized carbons (Fsp3) is 0.818. The maximum atomic E-state index is 2.51. The van der Waals surface area contributed by atoms with Crippen LogP contribution in [0.25, 0.3) is 0 Å². The van der Waals surface area contributed by atoms with Crippen molar-refractivity contribution in [3.05, 3.63) is 11.6 Å². The van der Waals surface area contributed by atoms with Gasteiger partial charge in [-0.15, -0.1) is 0 Å². The molecule has 0 heteroatoms. The first kappa shape index (κ1) is 7.39. The summed E-state index contributed by atoms with van der Waals surface area (Å²) in [7, 11) is 0. The van der Waals surface area contributed by atoms with Crippen molar-refractivity contribution in [1.82, 2.24) is 0 Å². The lowest BCUT2D eigenvalue weighted by Gasteiger charge is -2.25. The summed E-state index contributed by atoms with van der Waals surface area (Å²) in [6.45, 7) is 2.47. The molecule has 0 aromatic rings. The third-order valence-electron chi connectivity index (χ3n) is 3.52. The largest absolute Gasteiger partial charge is 0.0848 e. The minimum absolute atomic E-state index is 0.635. The van der Waals surface area contributed by atoms with E-state index in [4.69, 9.17) is 0 Å². The molecule has 0 aromatic carbocycles. The molecule has 0 aliphatic heterocycles. The second-order valence-corrected chi connectivity index (χ2v) is 4.39. The summed E-state index contributed by atoms with van der Waals surface area (Å²) < 4.78 is 0. The van der Waals surface area contributed by atoms with E-state index in [0.29, 0.717) is 5.41 Å². The summed E-state index contributed by atoms with van der Waals surface area (Å²) in [5.74, 6) is 0. The maximum absolute atomic E-state index is 2.51. The van der Waals surface area contributed by atoms with Crippen LogP contribution in [0.4, 0.5) is 0 Å². The SMILES string of the molecule is CC1(C2=CCCC2)CCCC1. The zero-order valence-corrected chi connectivity index (χ0v) is 7.53. The highest BCUT2D eigenvalue weighted by Gasteiger charge is 2.32. The van der Waals surface area contributed by atoms with Gasteiger partial charge in [-0.1, -0.05) is 31.4 Å². The Bertz CT molecular complexity index is 170. The summed E-state index contributed by atoms with van der Waals surface area (Å²) in [6, 6.07) is 0. The summed E-state index contributed by atoms with van der Waals surface area (Å²) in [4.78, 5) is 0. The molecule has 0 radical (unpaired) electrons. The molecule has 0 N–H and O–H groups in total. The van der Waals surface area contributed by atoms with E-state index >= 15 is 0 Å². The van der Waals surface area contributed by atoms with Crippen molar-refractivity contribution in [2.45, 2.75) is 51.9 Å². The van der Waals surface area contributed by atoms with Crippen LogP contribution in [0.1, 0.15) is 51.9 Å². The molecule has 0 unspecified atom stereocenters. The van der Waals surface area contributed by atoms with Gasteiger partial charge in [0.2, 0.25) is 0 Å². The molecule has 2 aliphatic rings. The Hall–Kier alpha value is -0.260. The van der Waals surface area contributed by atoms with Crippen LogP contribution in [0.3, 0.4) is 0 Å². The second kappa shape index (κ2) is 2.66. The van der Waals surface area contributed by atoms with Crippen LogP contribution in [-0.2, 0) is 0 Å². The van der Waals surface area contributed by atoms with E-state index in [1.54, 1.807) is 5.57 Å². The molecular formula is C11H18. The predicted molar refractivity (Wildman–Crippen MR) is 48.5 cm³/mol. The van der Waals surface area contributed by atoms with Gasteiger partial charge in [0.15, 0.2) is 0 Å². The summed E-state index contributed by atoms with van der Waals surface area (Å²) in [5.41, 5.74) is 2.42. The average Bonchev–Trinajstić information content (AvgIpc) is 2.55. The summed E-state index contributed by atoms with van der Waals surface area (Å²) >= 11 is 0. The third-order valence-corrected chi connectivity index (χ3v) is 3.52. The van der Waals surface area contributed by atoms with Gasteiger partial charge in [-0.25, -0.2) is 0 Å². The van der Waals surface area contributed by atoms with Crippen molar-refractivity contribution >= 4 is 0 Å². The second-order valence-electron chi connectivity index (χ2n) is 4.39. The lowest BCUT2D eigenvalue weighted by molar-refractivity contribution is 0.404. The first-order valence-electron chi connectivity index (χ1n) is 5.01. The first-order valence-corrected chi connectivity index (χ1v) is 5.01. The van der Waals surface area contributed by atoms with Gasteiger partial charge in [0.25, 0.3) is 0 Å². The van der Waals surface area contributed by atoms with E-state index in [0.717, 1.165) is 0 Å². The van der Waals surface area contributed by atoms with Crippen molar-refractivity contribution in [3.8, 4) is 0 Å². The van der Waals surface area contributed by atoms with E-state index < -0.39 is 0 Å². The highest BCUT2D eigenvalue weighted by molar-refractivity contribution is 5.18. The molecule has 0 nitrogen and oxygen atoms in total. The molecule has 1 saturated carbocycles. The minimum Gasteiger partial charge on any atom is -0.0848 e. The molecule has 0 heterocycles. The van der Waals surface area contributed by atoms with Gasteiger partial charge >= 0.3 is 0 Å². The fourth-order valence-electron chi connectivity index (χ4n) is 2.70. The highest BCUT2D eigenvalue weighted by Crippen LogP contribution is 2.47. The lowest BCUT2D eigenvalue weighted by atomic mass is 9.80. The van der Waals surface area contributed by atoms with Crippen LogP contribution in [0.15, 0.2) is 11.6 Å². The van der Waals surface area contributed by atoms with Crippen molar-refractivity contribution in [1.29, 1.82) is 0 Å². The third kappa shape index (κ3) is 1.23. The molecule has 1 fully saturated rings. The smallest absolute Gasteiger partial charge is 0.0116 e. The molecule has 0 amide bonds. The number of hydrogen-bond acceptors (Lipinski definition) is 0. The van der Waals surface area contributed by atoms with Crippen molar-refractivity contribution in [3.63, 3.8) is 0 Å². The molecule has 62 valence electrons. The van der Waals surface area contributed by atoms with Gasteiger partial charge in [-0.2, -0.15) is 0 Å². The summed E-state index contributed by atoms with van der Waals surface area (Å²) in [6.07, 6.45) is 12.5. The van der Waals surface area contributed by atoms with E-state index in [1.165, 1.54) is 44.9 Å². The van der Waals surface area contributed by atoms with Gasteiger partial charge in [0, 0.05) is 0 Å². The zero-order valence-electron chi connectivity index (χ0n) is 7.53. The molecule has 0 atom stereocenters. The molecule has 2 aliphatic carbocycles. The molecule has 0 spiro atoms. The van der Waals surface area contributed by atoms with Crippen molar-refractivity contribution in [2.24, 2.45) is 5.41 Å². The summed E-state index contributed by atoms with van der Waals surface area (Å²) in [5, 5.41) is 0. The van der Waals surface area contributed by atoms with Crippen LogP contribution >= 0.6 is 0 Å². The Kier molecular flexibility index (Phi) is 1.78. The first-order chi connectivity index (χ1) is 5.31. The molecule has 11 heavy (non-hydrogen) atoms. The van der Waals surface area contributed by atoms with Crippen LogP contribution in [0, 0.1) is 5.41 Å². The Morgan fingerprint density at radius 2 is 1.91 bits per heavy atom. The van der Waals surface area contributed by atoms with E-state index in [1.807, 2.05) is 0 Å². The monoisotopic (exact) mass is 150 g/mol. The number of hydrogen-bond donors (Lipinski definition) is 0. The number of rotatable bonds is 1. The normalized spacial score (nSPS) is 29.0. The van der Waals surface area contributed by atoms with Crippen LogP contribution in [0.2, 0.25) is 0 Å². The standard InChI is InChI=1S/C11H18/c1-11(8-4-5-9-11)10-6-2-3-7-10/h6H,2-5,7-9H2,1H3. The predicted octanol–water partition coefficient (Wildman–Crippen LogP) is 3.68. The molecule has 2 rings (SSSR count). The van der Waals surface area contributed by atoms with Crippen molar-refractivity contribution in [2.75, 3.05) is 0 Å². The topological polar surface area (TPSA) is 0 Å². The Balaban J connectivity index is 2.12. The van der Waals surface area contributed by atoms with E-state index in [9.17, 15) is 0 Å². The Morgan fingerprint density at radius 3 is 2.45 bits per heavy atom. The van der Waals surface area contributed by atoms with Gasteiger partial charge in [-0.05, 0) is 37.5 Å². The van der Waals surface area contributed by atoms with Gasteiger partial charge < -0.3 is 0 Å². The molecule has 0 saturated heterocycles. The molecule has 0 aromatic heterocycles. The van der Waals surface area contributed by atoms with Gasteiger partial charge in [-0.3, -0.25) is 0 Å². The van der Waals surface area contributed by atoms with Crippen LogP contribution < -0.4 is 0 Å². The lowest BCUT2D eigenvalue weighted by Crippen LogP contribution is -2.12. The quantitative estimate of drug-likeness (QED) is 0.500. The molecule has 0 bridgehead atoms. The Morgan fingerprint density at radius 1 is 1.18 bits per heavy atom. The van der Waals surface area contributed by atoms with Crippen LogP contribution in [0.5, 0.6) is 0 Å². The van der Waals surface area contributed by atoms with Crippen LogP contribution in [-0.4, -0.2) is 0 Å². The van der Waals surface area contributed by atoms with Crippen molar-refractivity contribution < 1.29 is 0 Å². The van der Waals surface area contributed by atoms with E-state index in [2.05, 4.69) is 13.0 Å². The average molecular weight is 150 g/mol. The van der Waals surface area contributed by atoms with Gasteiger partial charge in [0.1, 0.15) is 0 Å². The van der Waals surface area contributed by atoms with E-state index in [-0.39, 0.29) is 0 Å².